The molecule has 0 unspecified atom stereocenters. The highest BCUT2D eigenvalue weighted by molar-refractivity contribution is 9.10. The number of nitrogens with zero attached hydrogens (tertiary/aromatic N) is 2. The van der Waals surface area contributed by atoms with Gasteiger partial charge in [0.1, 0.15) is 0 Å². The van der Waals surface area contributed by atoms with Gasteiger partial charge in [0.15, 0.2) is 5.11 Å². The van der Waals surface area contributed by atoms with E-state index in [0.29, 0.717) is 6.04 Å². The zero-order valence-corrected chi connectivity index (χ0v) is 17.6. The van der Waals surface area contributed by atoms with Crippen molar-refractivity contribution in [1.29, 1.82) is 0 Å². The Morgan fingerprint density at radius 1 is 1.12 bits per heavy atom. The Kier molecular flexibility index (Phi) is 7.06. The number of piperidine rings is 1. The molecule has 0 spiro atoms. The van der Waals surface area contributed by atoms with Crippen LogP contribution >= 0.6 is 28.1 Å². The number of halogens is 1. The number of hydrogen-bond acceptors (Lipinski definition) is 2. The summed E-state index contributed by atoms with van der Waals surface area (Å²) in [6.07, 6.45) is 3.33. The van der Waals surface area contributed by atoms with Crippen molar-refractivity contribution in [2.75, 3.05) is 32.0 Å². The highest BCUT2D eigenvalue weighted by Crippen LogP contribution is 2.20. The standard InChI is InChI=1S/C21H26BrN3S/c1-24-14-12-20(13-15-24)25(16-11-17-5-3-2-4-6-17)21(26)23-19-9-7-18(22)8-10-19/h2-10,20H,11-16H2,1H3,(H,23,26). The molecule has 0 bridgehead atoms. The van der Waals surface area contributed by atoms with Crippen molar-refractivity contribution in [2.24, 2.45) is 0 Å². The highest BCUT2D eigenvalue weighted by atomic mass is 79.9. The number of hydrogen-bond donors (Lipinski definition) is 1. The van der Waals surface area contributed by atoms with Crippen molar-refractivity contribution in [2.45, 2.75) is 25.3 Å². The minimum Gasteiger partial charge on any atom is -0.346 e. The van der Waals surface area contributed by atoms with Gasteiger partial charge in [0.05, 0.1) is 0 Å². The van der Waals surface area contributed by atoms with E-state index in [2.05, 4.69) is 80.6 Å². The molecule has 0 saturated carbocycles. The summed E-state index contributed by atoms with van der Waals surface area (Å²) in [6, 6.07) is 19.4. The molecular weight excluding hydrogens is 406 g/mol. The SMILES string of the molecule is CN1CCC(N(CCc2ccccc2)C(=S)Nc2ccc(Br)cc2)CC1. The molecule has 1 saturated heterocycles. The van der Waals surface area contributed by atoms with E-state index in [1.54, 1.807) is 0 Å². The molecule has 0 amide bonds. The van der Waals surface area contributed by atoms with Crippen molar-refractivity contribution in [3.63, 3.8) is 0 Å². The van der Waals surface area contributed by atoms with Crippen LogP contribution in [0.3, 0.4) is 0 Å². The number of anilines is 1. The van der Waals surface area contributed by atoms with E-state index in [1.165, 1.54) is 5.56 Å². The first-order chi connectivity index (χ1) is 12.6. The van der Waals surface area contributed by atoms with E-state index in [1.807, 2.05) is 12.1 Å². The van der Waals surface area contributed by atoms with Crippen molar-refractivity contribution in [1.82, 2.24) is 9.80 Å². The average molecular weight is 432 g/mol. The lowest BCUT2D eigenvalue weighted by Gasteiger charge is -2.39. The maximum atomic E-state index is 5.81. The molecule has 1 aliphatic heterocycles. The molecule has 1 aliphatic rings. The number of nitrogens with one attached hydrogen (secondary N) is 1. The molecule has 0 aromatic heterocycles. The Bertz CT molecular complexity index is 697. The van der Waals surface area contributed by atoms with Crippen LogP contribution in [0.2, 0.25) is 0 Å². The highest BCUT2D eigenvalue weighted by Gasteiger charge is 2.25. The van der Waals surface area contributed by atoms with Gasteiger partial charge in [-0.15, -0.1) is 0 Å². The number of thiocarbonyl (C=S) groups is 1. The van der Waals surface area contributed by atoms with Crippen molar-refractivity contribution < 1.29 is 0 Å². The van der Waals surface area contributed by atoms with Gasteiger partial charge >= 0.3 is 0 Å². The summed E-state index contributed by atoms with van der Waals surface area (Å²) in [7, 11) is 2.20. The summed E-state index contributed by atoms with van der Waals surface area (Å²) in [6.45, 7) is 3.21. The normalized spacial score (nSPS) is 15.6. The average Bonchev–Trinajstić information content (AvgIpc) is 2.66. The fourth-order valence-electron chi connectivity index (χ4n) is 3.38. The van der Waals surface area contributed by atoms with Gasteiger partial charge < -0.3 is 15.1 Å². The Morgan fingerprint density at radius 3 is 2.42 bits per heavy atom. The van der Waals surface area contributed by atoms with Crippen molar-refractivity contribution >= 4 is 38.9 Å². The van der Waals surface area contributed by atoms with Crippen LogP contribution in [0.5, 0.6) is 0 Å². The molecule has 3 nitrogen and oxygen atoms in total. The molecular formula is C21H26BrN3S. The zero-order chi connectivity index (χ0) is 18.4. The second-order valence-electron chi connectivity index (χ2n) is 6.90. The Hall–Kier alpha value is -1.43. The van der Waals surface area contributed by atoms with Gasteiger partial charge in [0.2, 0.25) is 0 Å². The van der Waals surface area contributed by atoms with Gasteiger partial charge in [-0.05, 0) is 81.4 Å². The first kappa shape index (κ1) is 19.3. The molecule has 1 fully saturated rings. The summed E-state index contributed by atoms with van der Waals surface area (Å²) in [5, 5.41) is 4.27. The molecule has 1 heterocycles. The third-order valence-corrected chi connectivity index (χ3v) is 5.83. The monoisotopic (exact) mass is 431 g/mol. The van der Waals surface area contributed by atoms with Crippen LogP contribution < -0.4 is 5.32 Å². The van der Waals surface area contributed by atoms with Crippen LogP contribution in [-0.4, -0.2) is 47.6 Å². The van der Waals surface area contributed by atoms with Gasteiger partial charge in [0, 0.05) is 22.7 Å². The molecule has 2 aromatic rings. The van der Waals surface area contributed by atoms with Crippen LogP contribution in [0.1, 0.15) is 18.4 Å². The van der Waals surface area contributed by atoms with Crippen molar-refractivity contribution in [3.05, 3.63) is 64.6 Å². The lowest BCUT2D eigenvalue weighted by Crippen LogP contribution is -2.48. The quantitative estimate of drug-likeness (QED) is 0.685. The third kappa shape index (κ3) is 5.53. The van der Waals surface area contributed by atoms with E-state index in [-0.39, 0.29) is 0 Å². The minimum absolute atomic E-state index is 0.505. The van der Waals surface area contributed by atoms with Gasteiger partial charge in [-0.1, -0.05) is 46.3 Å². The van der Waals surface area contributed by atoms with E-state index in [9.17, 15) is 0 Å². The lowest BCUT2D eigenvalue weighted by atomic mass is 10.0. The summed E-state index contributed by atoms with van der Waals surface area (Å²) >= 11 is 9.29. The number of rotatable bonds is 5. The second kappa shape index (κ2) is 9.49. The maximum absolute atomic E-state index is 5.81. The molecule has 5 heteroatoms. The first-order valence-electron chi connectivity index (χ1n) is 9.17. The molecule has 3 rings (SSSR count). The van der Waals surface area contributed by atoms with Gasteiger partial charge in [-0.3, -0.25) is 0 Å². The van der Waals surface area contributed by atoms with E-state index in [0.717, 1.165) is 54.2 Å². The molecule has 0 aliphatic carbocycles. The van der Waals surface area contributed by atoms with E-state index in [4.69, 9.17) is 12.2 Å². The van der Waals surface area contributed by atoms with Crippen LogP contribution in [0.25, 0.3) is 0 Å². The summed E-state index contributed by atoms with van der Waals surface area (Å²) in [4.78, 5) is 4.80. The predicted octanol–water partition coefficient (Wildman–Crippen LogP) is 4.78. The smallest absolute Gasteiger partial charge is 0.173 e. The third-order valence-electron chi connectivity index (χ3n) is 4.97. The van der Waals surface area contributed by atoms with Gasteiger partial charge in [-0.25, -0.2) is 0 Å². The summed E-state index contributed by atoms with van der Waals surface area (Å²) in [5.41, 5.74) is 2.40. The summed E-state index contributed by atoms with van der Waals surface area (Å²) < 4.78 is 1.07. The van der Waals surface area contributed by atoms with Crippen molar-refractivity contribution in [3.8, 4) is 0 Å². The van der Waals surface area contributed by atoms with Gasteiger partial charge in [0.25, 0.3) is 0 Å². The zero-order valence-electron chi connectivity index (χ0n) is 15.2. The Balaban J connectivity index is 1.68. The van der Waals surface area contributed by atoms with Crippen LogP contribution in [0.15, 0.2) is 59.1 Å². The Labute approximate surface area is 170 Å². The molecule has 1 N–H and O–H groups in total. The molecule has 138 valence electrons. The van der Waals surface area contributed by atoms with E-state index >= 15 is 0 Å². The summed E-state index contributed by atoms with van der Waals surface area (Å²) in [5.74, 6) is 0. The fraction of sp³-hybridized carbons (Fsp3) is 0.381. The lowest BCUT2D eigenvalue weighted by molar-refractivity contribution is 0.178. The first-order valence-corrected chi connectivity index (χ1v) is 10.4. The Morgan fingerprint density at radius 2 is 1.77 bits per heavy atom. The molecule has 26 heavy (non-hydrogen) atoms. The van der Waals surface area contributed by atoms with E-state index < -0.39 is 0 Å². The topological polar surface area (TPSA) is 18.5 Å². The molecule has 0 atom stereocenters. The molecule has 0 radical (unpaired) electrons. The minimum atomic E-state index is 0.505. The number of benzene rings is 2. The van der Waals surface area contributed by atoms with Gasteiger partial charge in [-0.2, -0.15) is 0 Å². The largest absolute Gasteiger partial charge is 0.346 e. The van der Waals surface area contributed by atoms with Crippen LogP contribution in [-0.2, 0) is 6.42 Å². The fourth-order valence-corrected chi connectivity index (χ4v) is 4.00. The van der Waals surface area contributed by atoms with Crippen LogP contribution in [0.4, 0.5) is 5.69 Å². The van der Waals surface area contributed by atoms with Crippen LogP contribution in [0, 0.1) is 0 Å². The second-order valence-corrected chi connectivity index (χ2v) is 8.20. The predicted molar refractivity (Wildman–Crippen MR) is 118 cm³/mol. The number of likely N-dealkylation sites (tertiary alicyclic amines) is 1. The maximum Gasteiger partial charge on any atom is 0.173 e. The molecule has 2 aromatic carbocycles.